The summed E-state index contributed by atoms with van der Waals surface area (Å²) >= 11 is 0. The summed E-state index contributed by atoms with van der Waals surface area (Å²) in [6, 6.07) is -0.776. The Bertz CT molecular complexity index is 459. The normalized spacial score (nSPS) is 12.5. The van der Waals surface area contributed by atoms with E-state index in [1.54, 1.807) is 0 Å². The van der Waals surface area contributed by atoms with Crippen molar-refractivity contribution in [2.24, 2.45) is 5.92 Å². The van der Waals surface area contributed by atoms with E-state index in [-0.39, 0.29) is 11.8 Å². The average Bonchev–Trinajstić information content (AvgIpc) is 2.73. The molecule has 4 heteroatoms. The first-order chi connectivity index (χ1) is 15.0. The van der Waals surface area contributed by atoms with Gasteiger partial charge in [-0.3, -0.25) is 4.79 Å². The van der Waals surface area contributed by atoms with Crippen molar-refractivity contribution in [1.82, 2.24) is 5.32 Å². The quantitative estimate of drug-likeness (QED) is 0.134. The smallest absolute Gasteiger partial charge is 0.326 e. The third kappa shape index (κ3) is 20.3. The summed E-state index contributed by atoms with van der Waals surface area (Å²) in [5, 5.41) is 11.7. The van der Waals surface area contributed by atoms with Gasteiger partial charge in [0, 0.05) is 6.42 Å². The second-order valence-corrected chi connectivity index (χ2v) is 9.38. The molecule has 0 saturated heterocycles. The number of rotatable bonds is 22. The maximum absolute atomic E-state index is 11.9. The van der Waals surface area contributed by atoms with Gasteiger partial charge in [-0.1, -0.05) is 110 Å². The molecule has 0 aromatic carbocycles. The number of aliphatic carboxylic acids is 1. The lowest BCUT2D eigenvalue weighted by Crippen LogP contribution is -2.44. The Morgan fingerprint density at radius 2 is 1.13 bits per heavy atom. The van der Waals surface area contributed by atoms with Crippen molar-refractivity contribution in [3.05, 3.63) is 12.2 Å². The fourth-order valence-electron chi connectivity index (χ4n) is 3.82. The number of hydrogen-bond donors (Lipinski definition) is 2. The van der Waals surface area contributed by atoms with Gasteiger partial charge in [-0.25, -0.2) is 4.79 Å². The molecule has 0 rings (SSSR count). The van der Waals surface area contributed by atoms with Crippen LogP contribution in [0.3, 0.4) is 0 Å². The summed E-state index contributed by atoms with van der Waals surface area (Å²) in [4.78, 5) is 23.0. The van der Waals surface area contributed by atoms with E-state index in [0.29, 0.717) is 6.42 Å². The van der Waals surface area contributed by atoms with Crippen molar-refractivity contribution in [3.63, 3.8) is 0 Å². The van der Waals surface area contributed by atoms with Gasteiger partial charge in [-0.05, 0) is 38.0 Å². The fraction of sp³-hybridized carbons (Fsp3) is 0.852. The first kappa shape index (κ1) is 29.7. The topological polar surface area (TPSA) is 66.4 Å². The lowest BCUT2D eigenvalue weighted by Gasteiger charge is -2.17. The van der Waals surface area contributed by atoms with E-state index in [1.165, 1.54) is 89.9 Å². The number of nitrogens with one attached hydrogen (secondary N) is 1. The second kappa shape index (κ2) is 21.9. The van der Waals surface area contributed by atoms with E-state index >= 15 is 0 Å². The first-order valence-electron chi connectivity index (χ1n) is 13.2. The maximum Gasteiger partial charge on any atom is 0.326 e. The molecule has 0 aromatic heterocycles. The zero-order chi connectivity index (χ0) is 23.2. The minimum Gasteiger partial charge on any atom is -0.480 e. The molecule has 0 fully saturated rings. The SMILES string of the molecule is CCCCCCCCCC/C=C\CCCCCCCCCC(=O)N[C@H](C(=O)O)C(C)C. The Balaban J connectivity index is 3.36. The van der Waals surface area contributed by atoms with E-state index in [4.69, 9.17) is 5.11 Å². The molecule has 0 aliphatic carbocycles. The first-order valence-corrected chi connectivity index (χ1v) is 13.2. The predicted molar refractivity (Wildman–Crippen MR) is 132 cm³/mol. The molecule has 4 nitrogen and oxygen atoms in total. The third-order valence-electron chi connectivity index (χ3n) is 5.91. The maximum atomic E-state index is 11.9. The molecule has 0 saturated carbocycles. The highest BCUT2D eigenvalue weighted by atomic mass is 16.4. The predicted octanol–water partition coefficient (Wildman–Crippen LogP) is 7.81. The highest BCUT2D eigenvalue weighted by Gasteiger charge is 2.22. The molecule has 0 bridgehead atoms. The summed E-state index contributed by atoms with van der Waals surface area (Å²) in [6.07, 6.45) is 26.9. The third-order valence-corrected chi connectivity index (χ3v) is 5.91. The molecule has 1 amide bonds. The van der Waals surface area contributed by atoms with Gasteiger partial charge < -0.3 is 10.4 Å². The minimum absolute atomic E-state index is 0.0959. The van der Waals surface area contributed by atoms with Gasteiger partial charge in [0.15, 0.2) is 0 Å². The van der Waals surface area contributed by atoms with Crippen LogP contribution in [-0.2, 0) is 9.59 Å². The van der Waals surface area contributed by atoms with Crippen LogP contribution >= 0.6 is 0 Å². The van der Waals surface area contributed by atoms with Crippen molar-refractivity contribution in [3.8, 4) is 0 Å². The summed E-state index contributed by atoms with van der Waals surface area (Å²) in [6.45, 7) is 5.89. The van der Waals surface area contributed by atoms with Gasteiger partial charge in [-0.2, -0.15) is 0 Å². The zero-order valence-electron chi connectivity index (χ0n) is 20.8. The number of carbonyl (C=O) groups is 2. The van der Waals surface area contributed by atoms with Crippen molar-refractivity contribution < 1.29 is 14.7 Å². The van der Waals surface area contributed by atoms with Crippen LogP contribution in [0.4, 0.5) is 0 Å². The molecule has 0 aromatic rings. The molecule has 0 aliphatic heterocycles. The van der Waals surface area contributed by atoms with Crippen LogP contribution in [0.2, 0.25) is 0 Å². The van der Waals surface area contributed by atoms with Crippen LogP contribution in [0.15, 0.2) is 12.2 Å². The number of allylic oxidation sites excluding steroid dienone is 2. The molecule has 0 radical (unpaired) electrons. The Kier molecular flexibility index (Phi) is 21.0. The van der Waals surface area contributed by atoms with Crippen molar-refractivity contribution in [2.45, 2.75) is 142 Å². The summed E-state index contributed by atoms with van der Waals surface area (Å²) in [7, 11) is 0. The van der Waals surface area contributed by atoms with Crippen LogP contribution in [0.5, 0.6) is 0 Å². The van der Waals surface area contributed by atoms with E-state index in [0.717, 1.165) is 19.3 Å². The van der Waals surface area contributed by atoms with Gasteiger partial charge >= 0.3 is 5.97 Å². The molecule has 1 atom stereocenters. The van der Waals surface area contributed by atoms with Gasteiger partial charge in [0.25, 0.3) is 0 Å². The van der Waals surface area contributed by atoms with E-state index in [1.807, 2.05) is 13.8 Å². The number of amides is 1. The van der Waals surface area contributed by atoms with E-state index in [2.05, 4.69) is 24.4 Å². The van der Waals surface area contributed by atoms with E-state index in [9.17, 15) is 9.59 Å². The molecule has 0 spiro atoms. The number of unbranched alkanes of at least 4 members (excludes halogenated alkanes) is 15. The summed E-state index contributed by atoms with van der Waals surface area (Å²) < 4.78 is 0. The van der Waals surface area contributed by atoms with Crippen LogP contribution < -0.4 is 5.32 Å². The molecule has 0 unspecified atom stereocenters. The lowest BCUT2D eigenvalue weighted by atomic mass is 10.0. The van der Waals surface area contributed by atoms with Crippen molar-refractivity contribution in [1.29, 1.82) is 0 Å². The number of hydrogen-bond acceptors (Lipinski definition) is 2. The van der Waals surface area contributed by atoms with Gasteiger partial charge in [0.1, 0.15) is 6.04 Å². The molecular weight excluding hydrogens is 386 g/mol. The van der Waals surface area contributed by atoms with Crippen LogP contribution in [0, 0.1) is 5.92 Å². The molecule has 182 valence electrons. The lowest BCUT2D eigenvalue weighted by molar-refractivity contribution is -0.143. The summed E-state index contributed by atoms with van der Waals surface area (Å²) in [5.41, 5.74) is 0. The molecule has 2 N–H and O–H groups in total. The Labute approximate surface area is 192 Å². The van der Waals surface area contributed by atoms with E-state index < -0.39 is 12.0 Å². The standard InChI is InChI=1S/C27H51NO3/c1-4-5-6-7-8-9-10-11-12-13-14-15-16-17-18-19-20-21-22-23-25(29)28-26(24(2)3)27(30)31/h13-14,24,26H,4-12,15-23H2,1-3H3,(H,28,29)(H,30,31)/b14-13-/t26-/m0/s1. The largest absolute Gasteiger partial charge is 0.480 e. The number of carboxylic acid groups (broad SMARTS) is 1. The summed E-state index contributed by atoms with van der Waals surface area (Å²) in [5.74, 6) is -1.19. The van der Waals surface area contributed by atoms with Gasteiger partial charge in [0.05, 0.1) is 0 Å². The number of carboxylic acids is 1. The molecular formula is C27H51NO3. The second-order valence-electron chi connectivity index (χ2n) is 9.38. The Morgan fingerprint density at radius 1 is 0.710 bits per heavy atom. The van der Waals surface area contributed by atoms with Gasteiger partial charge in [-0.15, -0.1) is 0 Å². The van der Waals surface area contributed by atoms with Crippen molar-refractivity contribution >= 4 is 11.9 Å². The zero-order valence-corrected chi connectivity index (χ0v) is 20.8. The highest BCUT2D eigenvalue weighted by Crippen LogP contribution is 2.12. The number of carbonyl (C=O) groups excluding carboxylic acids is 1. The molecule has 0 heterocycles. The monoisotopic (exact) mass is 437 g/mol. The van der Waals surface area contributed by atoms with Crippen molar-refractivity contribution in [2.75, 3.05) is 0 Å². The molecule has 0 aliphatic rings. The Hall–Kier alpha value is -1.32. The van der Waals surface area contributed by atoms with Crippen LogP contribution in [-0.4, -0.2) is 23.0 Å². The minimum atomic E-state index is -0.952. The highest BCUT2D eigenvalue weighted by molar-refractivity contribution is 5.83. The van der Waals surface area contributed by atoms with Crippen LogP contribution in [0.1, 0.15) is 136 Å². The Morgan fingerprint density at radius 3 is 1.55 bits per heavy atom. The van der Waals surface area contributed by atoms with Crippen LogP contribution in [0.25, 0.3) is 0 Å². The molecule has 31 heavy (non-hydrogen) atoms. The van der Waals surface area contributed by atoms with Gasteiger partial charge in [0.2, 0.25) is 5.91 Å². The fourth-order valence-corrected chi connectivity index (χ4v) is 3.82. The average molecular weight is 438 g/mol.